The van der Waals surface area contributed by atoms with Crippen molar-refractivity contribution in [3.63, 3.8) is 0 Å². The highest BCUT2D eigenvalue weighted by Crippen LogP contribution is 2.25. The molecule has 1 fully saturated rings. The summed E-state index contributed by atoms with van der Waals surface area (Å²) in [4.78, 5) is 6.70. The summed E-state index contributed by atoms with van der Waals surface area (Å²) in [6.07, 6.45) is -3.81. The van der Waals surface area contributed by atoms with Crippen LogP contribution in [-0.4, -0.2) is 46.7 Å². The monoisotopic (exact) mass is 346 g/mol. The zero-order valence-corrected chi connectivity index (χ0v) is 12.9. The molecule has 2 aromatic rings. The van der Waals surface area contributed by atoms with Crippen molar-refractivity contribution >= 4 is 16.7 Å². The van der Waals surface area contributed by atoms with Crippen molar-refractivity contribution in [3.05, 3.63) is 41.5 Å². The predicted molar refractivity (Wildman–Crippen MR) is 79.0 cm³/mol. The molecule has 0 N–H and O–H groups in total. The van der Waals surface area contributed by atoms with Gasteiger partial charge < -0.3 is 4.90 Å². The van der Waals surface area contributed by atoms with Crippen molar-refractivity contribution in [1.82, 2.24) is 14.3 Å². The molecule has 0 saturated carbocycles. The van der Waals surface area contributed by atoms with E-state index in [0.717, 1.165) is 5.56 Å². The minimum Gasteiger partial charge on any atom is -0.344 e. The van der Waals surface area contributed by atoms with Crippen molar-refractivity contribution in [1.29, 1.82) is 0 Å². The molecule has 1 aliphatic rings. The maximum absolute atomic E-state index is 12.9. The maximum Gasteiger partial charge on any atom is 0.460 e. The summed E-state index contributed by atoms with van der Waals surface area (Å²) in [5.74, 6) is 0.290. The highest BCUT2D eigenvalue weighted by Gasteiger charge is 2.39. The number of benzene rings is 1. The van der Waals surface area contributed by atoms with Gasteiger partial charge in [-0.05, 0) is 17.7 Å². The molecule has 124 valence electrons. The lowest BCUT2D eigenvalue weighted by atomic mass is 10.1. The summed E-state index contributed by atoms with van der Waals surface area (Å²) in [5, 5.41) is 0.629. The van der Waals surface area contributed by atoms with Crippen LogP contribution in [0.2, 0.25) is 0 Å². The molecule has 0 radical (unpaired) electrons. The van der Waals surface area contributed by atoms with Crippen molar-refractivity contribution in [2.45, 2.75) is 12.7 Å². The average molecular weight is 346 g/mol. The Morgan fingerprint density at radius 3 is 2.30 bits per heavy atom. The second-order valence-corrected chi connectivity index (χ2v) is 5.97. The molecule has 0 aliphatic carbocycles. The molecular weight excluding hydrogens is 332 g/mol. The molecule has 3 rings (SSSR count). The van der Waals surface area contributed by atoms with E-state index in [-0.39, 0.29) is 32.0 Å². The molecule has 9 heteroatoms. The zero-order chi connectivity index (χ0) is 16.4. The van der Waals surface area contributed by atoms with Gasteiger partial charge >= 0.3 is 6.30 Å². The van der Waals surface area contributed by atoms with Gasteiger partial charge in [-0.3, -0.25) is 0 Å². The highest BCUT2D eigenvalue weighted by molar-refractivity contribution is 7.09. The van der Waals surface area contributed by atoms with Crippen LogP contribution in [-0.2, 0) is 6.42 Å². The molecule has 0 amide bonds. The Morgan fingerprint density at radius 1 is 1.04 bits per heavy atom. The number of anilines is 1. The normalized spacial score (nSPS) is 16.8. The van der Waals surface area contributed by atoms with Crippen molar-refractivity contribution in [2.24, 2.45) is 0 Å². The summed E-state index contributed by atoms with van der Waals surface area (Å²) in [6.45, 7) is 0.391. The first-order valence-electron chi connectivity index (χ1n) is 7.05. The van der Waals surface area contributed by atoms with Gasteiger partial charge in [-0.2, -0.15) is 17.5 Å². The van der Waals surface area contributed by atoms with E-state index in [9.17, 15) is 17.6 Å². The minimum atomic E-state index is -4.28. The second-order valence-electron chi connectivity index (χ2n) is 5.24. The number of rotatable bonds is 3. The fourth-order valence-electron chi connectivity index (χ4n) is 2.38. The van der Waals surface area contributed by atoms with E-state index in [2.05, 4.69) is 9.36 Å². The van der Waals surface area contributed by atoms with Gasteiger partial charge in [-0.1, -0.05) is 12.1 Å². The third-order valence-corrected chi connectivity index (χ3v) is 4.46. The van der Waals surface area contributed by atoms with E-state index in [4.69, 9.17) is 0 Å². The molecule has 1 saturated heterocycles. The number of hydrogen-bond acceptors (Lipinski definition) is 5. The van der Waals surface area contributed by atoms with Crippen molar-refractivity contribution in [2.75, 3.05) is 31.1 Å². The molecule has 0 spiro atoms. The van der Waals surface area contributed by atoms with Gasteiger partial charge in [-0.15, -0.1) is 0 Å². The summed E-state index contributed by atoms with van der Waals surface area (Å²) in [5.41, 5.74) is 0.887. The van der Waals surface area contributed by atoms with Crippen LogP contribution in [0.1, 0.15) is 11.4 Å². The van der Waals surface area contributed by atoms with Crippen LogP contribution in [0.25, 0.3) is 0 Å². The van der Waals surface area contributed by atoms with Gasteiger partial charge in [0, 0.05) is 44.1 Å². The Hall–Kier alpha value is -1.74. The van der Waals surface area contributed by atoms with Crippen LogP contribution >= 0.6 is 11.5 Å². The Morgan fingerprint density at radius 2 is 1.70 bits per heavy atom. The number of hydrogen-bond donors (Lipinski definition) is 0. The largest absolute Gasteiger partial charge is 0.460 e. The number of alkyl halides is 3. The van der Waals surface area contributed by atoms with Gasteiger partial charge in [0.1, 0.15) is 11.6 Å². The molecule has 1 aliphatic heterocycles. The topological polar surface area (TPSA) is 32.3 Å². The van der Waals surface area contributed by atoms with E-state index in [1.807, 2.05) is 4.90 Å². The molecule has 23 heavy (non-hydrogen) atoms. The predicted octanol–water partition coefficient (Wildman–Crippen LogP) is 2.91. The fraction of sp³-hybridized carbons (Fsp3) is 0.429. The molecule has 0 atom stereocenters. The summed E-state index contributed by atoms with van der Waals surface area (Å²) in [7, 11) is 0. The van der Waals surface area contributed by atoms with E-state index < -0.39 is 6.30 Å². The first-order valence-corrected chi connectivity index (χ1v) is 7.83. The number of nitrogens with zero attached hydrogens (tertiary/aromatic N) is 4. The molecular formula is C14H14F4N4S. The van der Waals surface area contributed by atoms with Gasteiger partial charge in [-0.25, -0.2) is 14.3 Å². The summed E-state index contributed by atoms with van der Waals surface area (Å²) in [6, 6.07) is 6.08. The van der Waals surface area contributed by atoms with Crippen LogP contribution in [0, 0.1) is 5.82 Å². The lowest BCUT2D eigenvalue weighted by molar-refractivity contribution is -0.246. The van der Waals surface area contributed by atoms with Gasteiger partial charge in [0.05, 0.1) is 0 Å². The molecule has 1 aromatic carbocycles. The first-order chi connectivity index (χ1) is 10.9. The standard InChI is InChI=1S/C14H14F4N4S/c15-11-3-1-10(2-4-11)9-12-19-13(23-20-12)21-5-7-22(8-6-21)14(16,17)18/h1-4H,5-9H2. The van der Waals surface area contributed by atoms with Gasteiger partial charge in [0.25, 0.3) is 0 Å². The number of aromatic nitrogens is 2. The van der Waals surface area contributed by atoms with Gasteiger partial charge in [0.2, 0.25) is 5.13 Å². The smallest absolute Gasteiger partial charge is 0.344 e. The Kier molecular flexibility index (Phi) is 4.49. The van der Waals surface area contributed by atoms with E-state index in [0.29, 0.717) is 22.3 Å². The molecule has 4 nitrogen and oxygen atoms in total. The molecule has 1 aromatic heterocycles. The van der Waals surface area contributed by atoms with E-state index in [1.54, 1.807) is 12.1 Å². The maximum atomic E-state index is 12.9. The SMILES string of the molecule is Fc1ccc(Cc2nsc(N3CCN(C(F)(F)F)CC3)n2)cc1. The fourth-order valence-corrected chi connectivity index (χ4v) is 3.12. The van der Waals surface area contributed by atoms with Crippen LogP contribution in [0.3, 0.4) is 0 Å². The lowest BCUT2D eigenvalue weighted by Gasteiger charge is -2.34. The Labute approximate surface area is 134 Å². The van der Waals surface area contributed by atoms with E-state index >= 15 is 0 Å². The summed E-state index contributed by atoms with van der Waals surface area (Å²) >= 11 is 1.18. The van der Waals surface area contributed by atoms with Crippen molar-refractivity contribution in [3.8, 4) is 0 Å². The average Bonchev–Trinajstić information content (AvgIpc) is 2.97. The Bertz CT molecular complexity index is 648. The highest BCUT2D eigenvalue weighted by atomic mass is 32.1. The quantitative estimate of drug-likeness (QED) is 0.632. The van der Waals surface area contributed by atoms with Crippen LogP contribution in [0.4, 0.5) is 22.7 Å². The molecule has 2 heterocycles. The molecule has 0 bridgehead atoms. The third kappa shape index (κ3) is 3.97. The summed E-state index contributed by atoms with van der Waals surface area (Å²) < 4.78 is 54.9. The second kappa shape index (κ2) is 6.40. The van der Waals surface area contributed by atoms with Crippen LogP contribution < -0.4 is 4.90 Å². The van der Waals surface area contributed by atoms with Gasteiger partial charge in [0.15, 0.2) is 0 Å². The Balaban J connectivity index is 1.60. The zero-order valence-electron chi connectivity index (χ0n) is 12.1. The molecule has 0 unspecified atom stereocenters. The number of halogens is 4. The van der Waals surface area contributed by atoms with Crippen LogP contribution in [0.15, 0.2) is 24.3 Å². The minimum absolute atomic E-state index is 0.0730. The first kappa shape index (κ1) is 16.1. The van der Waals surface area contributed by atoms with E-state index in [1.165, 1.54) is 23.7 Å². The van der Waals surface area contributed by atoms with Crippen molar-refractivity contribution < 1.29 is 17.6 Å². The van der Waals surface area contributed by atoms with Crippen LogP contribution in [0.5, 0.6) is 0 Å². The lowest BCUT2D eigenvalue weighted by Crippen LogP contribution is -2.51. The third-order valence-electron chi connectivity index (χ3n) is 3.64. The number of piperazine rings is 1.